The van der Waals surface area contributed by atoms with E-state index in [9.17, 15) is 14.4 Å². The van der Waals surface area contributed by atoms with Gasteiger partial charge in [0.05, 0.1) is 0 Å². The normalized spacial score (nSPS) is 12.3. The van der Waals surface area contributed by atoms with Gasteiger partial charge < -0.3 is 14.2 Å². The molecule has 1 unspecified atom stereocenters. The van der Waals surface area contributed by atoms with Gasteiger partial charge in [-0.2, -0.15) is 0 Å². The first-order chi connectivity index (χ1) is 37.5. The molecule has 0 fully saturated rings. The Morgan fingerprint density at radius 2 is 0.474 bits per heavy atom. The minimum atomic E-state index is -0.777. The summed E-state index contributed by atoms with van der Waals surface area (Å²) in [6, 6.07) is 0. The van der Waals surface area contributed by atoms with Crippen LogP contribution in [0.3, 0.4) is 0 Å². The first kappa shape index (κ1) is 73.4. The summed E-state index contributed by atoms with van der Waals surface area (Å²) in [6.45, 7) is 6.67. The summed E-state index contributed by atoms with van der Waals surface area (Å²) in [4.78, 5) is 38.4. The number of hydrogen-bond acceptors (Lipinski definition) is 6. The van der Waals surface area contributed by atoms with Crippen molar-refractivity contribution in [3.8, 4) is 0 Å². The molecule has 6 nitrogen and oxygen atoms in total. The van der Waals surface area contributed by atoms with Gasteiger partial charge in [-0.3, -0.25) is 14.4 Å². The first-order valence-corrected chi connectivity index (χ1v) is 33.6. The molecule has 1 atom stereocenters. The Kier molecular flexibility index (Phi) is 62.6. The number of allylic oxidation sites excluding steroid dienone is 8. The van der Waals surface area contributed by atoms with Crippen LogP contribution in [0.2, 0.25) is 0 Å². The fourth-order valence-electron chi connectivity index (χ4n) is 9.98. The lowest BCUT2D eigenvalue weighted by molar-refractivity contribution is -0.167. The monoisotopic (exact) mass is 1060 g/mol. The molecule has 0 aliphatic heterocycles. The highest BCUT2D eigenvalue weighted by atomic mass is 16.6. The largest absolute Gasteiger partial charge is 0.462 e. The molecule has 0 aromatic heterocycles. The highest BCUT2D eigenvalue weighted by molar-refractivity contribution is 5.71. The lowest BCUT2D eigenvalue weighted by atomic mass is 10.0. The third-order valence-corrected chi connectivity index (χ3v) is 15.1. The Morgan fingerprint density at radius 1 is 0.263 bits per heavy atom. The predicted molar refractivity (Wildman–Crippen MR) is 330 cm³/mol. The van der Waals surface area contributed by atoms with E-state index in [1.54, 1.807) is 0 Å². The molecular formula is C70H128O6. The Morgan fingerprint density at radius 3 is 0.750 bits per heavy atom. The summed E-state index contributed by atoms with van der Waals surface area (Å²) >= 11 is 0. The van der Waals surface area contributed by atoms with Gasteiger partial charge in [-0.1, -0.05) is 307 Å². The van der Waals surface area contributed by atoms with E-state index >= 15 is 0 Å². The van der Waals surface area contributed by atoms with Gasteiger partial charge in [0.25, 0.3) is 0 Å². The number of esters is 3. The molecule has 0 aromatic carbocycles. The number of hydrogen-bond donors (Lipinski definition) is 0. The van der Waals surface area contributed by atoms with E-state index in [1.165, 1.54) is 244 Å². The minimum absolute atomic E-state index is 0.0740. The summed E-state index contributed by atoms with van der Waals surface area (Å²) in [6.07, 6.45) is 81.2. The second kappa shape index (κ2) is 64.9. The fraction of sp³-hybridized carbons (Fsp3) is 0.843. The molecule has 0 aliphatic rings. The number of rotatable bonds is 62. The van der Waals surface area contributed by atoms with E-state index < -0.39 is 6.10 Å². The van der Waals surface area contributed by atoms with Gasteiger partial charge in [-0.15, -0.1) is 0 Å². The third-order valence-electron chi connectivity index (χ3n) is 15.1. The van der Waals surface area contributed by atoms with Crippen molar-refractivity contribution in [1.82, 2.24) is 0 Å². The van der Waals surface area contributed by atoms with E-state index in [0.717, 1.165) is 77.0 Å². The van der Waals surface area contributed by atoms with Crippen molar-refractivity contribution in [3.05, 3.63) is 48.6 Å². The van der Waals surface area contributed by atoms with Crippen LogP contribution in [0.4, 0.5) is 0 Å². The highest BCUT2D eigenvalue weighted by Gasteiger charge is 2.19. The Hall–Kier alpha value is -2.63. The van der Waals surface area contributed by atoms with Crippen LogP contribution in [0.15, 0.2) is 48.6 Å². The standard InChI is InChI=1S/C70H128O6/c1-4-7-10-13-16-19-22-25-28-30-32-33-34-35-36-37-39-40-42-45-48-51-54-57-60-63-69(72)75-66-67(65-74-68(71)62-59-56-53-50-47-44-27-24-21-18-15-12-9-6-3)76-70(73)64-61-58-55-52-49-46-43-41-38-31-29-26-23-20-17-14-11-8-5-2/h22,24-25,27,30,32,34-35,67H,4-21,23,26,28-29,31,33,36-66H2,1-3H3/b25-22-,27-24-,32-30-,35-34-. The Labute approximate surface area is 473 Å². The lowest BCUT2D eigenvalue weighted by Gasteiger charge is -2.18. The van der Waals surface area contributed by atoms with E-state index in [-0.39, 0.29) is 31.1 Å². The number of carbonyl (C=O) groups is 3. The number of ether oxygens (including phenoxy) is 3. The van der Waals surface area contributed by atoms with Gasteiger partial charge in [0, 0.05) is 19.3 Å². The molecule has 0 N–H and O–H groups in total. The summed E-state index contributed by atoms with van der Waals surface area (Å²) in [5.74, 6) is -0.862. The van der Waals surface area contributed by atoms with Gasteiger partial charge in [0.1, 0.15) is 13.2 Å². The zero-order chi connectivity index (χ0) is 55.0. The Bertz CT molecular complexity index is 1310. The number of carbonyl (C=O) groups excluding carboxylic acids is 3. The van der Waals surface area contributed by atoms with Gasteiger partial charge in [0.15, 0.2) is 6.10 Å². The lowest BCUT2D eigenvalue weighted by Crippen LogP contribution is -2.30. The van der Waals surface area contributed by atoms with Crippen molar-refractivity contribution in [1.29, 1.82) is 0 Å². The molecule has 76 heavy (non-hydrogen) atoms. The van der Waals surface area contributed by atoms with Gasteiger partial charge in [-0.25, -0.2) is 0 Å². The van der Waals surface area contributed by atoms with Crippen LogP contribution in [0, 0.1) is 0 Å². The number of unbranched alkanes of at least 4 members (excludes halogenated alkanes) is 43. The molecule has 444 valence electrons. The molecule has 0 saturated carbocycles. The maximum Gasteiger partial charge on any atom is 0.306 e. The average Bonchev–Trinajstić information content (AvgIpc) is 3.42. The molecule has 0 aromatic rings. The second-order valence-electron chi connectivity index (χ2n) is 22.7. The van der Waals surface area contributed by atoms with Crippen molar-refractivity contribution in [2.75, 3.05) is 13.2 Å². The fourth-order valence-corrected chi connectivity index (χ4v) is 9.98. The van der Waals surface area contributed by atoms with Crippen molar-refractivity contribution >= 4 is 17.9 Å². The zero-order valence-electron chi connectivity index (χ0n) is 51.0. The quantitative estimate of drug-likeness (QED) is 0.0261. The average molecular weight is 1070 g/mol. The van der Waals surface area contributed by atoms with Gasteiger partial charge in [-0.05, 0) is 83.5 Å². The molecule has 0 radical (unpaired) electrons. The summed E-state index contributed by atoms with van der Waals surface area (Å²) in [5.41, 5.74) is 0. The molecule has 0 amide bonds. The smallest absolute Gasteiger partial charge is 0.306 e. The molecule has 0 bridgehead atoms. The van der Waals surface area contributed by atoms with Gasteiger partial charge >= 0.3 is 17.9 Å². The second-order valence-corrected chi connectivity index (χ2v) is 22.7. The van der Waals surface area contributed by atoms with Crippen LogP contribution in [-0.4, -0.2) is 37.2 Å². The maximum absolute atomic E-state index is 12.9. The molecule has 0 rings (SSSR count). The molecule has 0 saturated heterocycles. The molecule has 0 spiro atoms. The van der Waals surface area contributed by atoms with Crippen molar-refractivity contribution < 1.29 is 28.6 Å². The van der Waals surface area contributed by atoms with Crippen LogP contribution in [0.5, 0.6) is 0 Å². The summed E-state index contributed by atoms with van der Waals surface area (Å²) in [7, 11) is 0. The van der Waals surface area contributed by atoms with E-state index in [4.69, 9.17) is 14.2 Å². The van der Waals surface area contributed by atoms with Crippen molar-refractivity contribution in [3.63, 3.8) is 0 Å². The molecule has 0 heterocycles. The summed E-state index contributed by atoms with van der Waals surface area (Å²) in [5, 5.41) is 0. The SMILES string of the molecule is CCCCCCC/C=C\C/C=C\C/C=C\CCCCCCCCCCCCC(=O)OCC(COC(=O)CCCCCCC/C=C\CCCCCCC)OC(=O)CCCCCCCCCCCCCCCCCCCCC. The molecule has 6 heteroatoms. The first-order valence-electron chi connectivity index (χ1n) is 33.6. The van der Waals surface area contributed by atoms with E-state index in [2.05, 4.69) is 69.4 Å². The zero-order valence-corrected chi connectivity index (χ0v) is 51.0. The van der Waals surface area contributed by atoms with E-state index in [0.29, 0.717) is 19.3 Å². The van der Waals surface area contributed by atoms with Crippen molar-refractivity contribution in [2.24, 2.45) is 0 Å². The van der Waals surface area contributed by atoms with Crippen molar-refractivity contribution in [2.45, 2.75) is 367 Å². The predicted octanol–water partition coefficient (Wildman–Crippen LogP) is 22.9. The third kappa shape index (κ3) is 62.2. The highest BCUT2D eigenvalue weighted by Crippen LogP contribution is 2.17. The van der Waals surface area contributed by atoms with Crippen LogP contribution in [0.1, 0.15) is 361 Å². The Balaban J connectivity index is 4.29. The van der Waals surface area contributed by atoms with Crippen LogP contribution in [-0.2, 0) is 28.6 Å². The van der Waals surface area contributed by atoms with E-state index in [1.807, 2.05) is 0 Å². The van der Waals surface area contributed by atoms with Crippen LogP contribution >= 0.6 is 0 Å². The van der Waals surface area contributed by atoms with Crippen LogP contribution in [0.25, 0.3) is 0 Å². The van der Waals surface area contributed by atoms with Gasteiger partial charge in [0.2, 0.25) is 0 Å². The minimum Gasteiger partial charge on any atom is -0.462 e. The topological polar surface area (TPSA) is 78.9 Å². The molecule has 0 aliphatic carbocycles. The van der Waals surface area contributed by atoms with Crippen LogP contribution < -0.4 is 0 Å². The summed E-state index contributed by atoms with van der Waals surface area (Å²) < 4.78 is 17.0. The molecular weight excluding hydrogens is 937 g/mol. The maximum atomic E-state index is 12.9.